The lowest BCUT2D eigenvalue weighted by atomic mass is 9.63. The van der Waals surface area contributed by atoms with E-state index in [0.717, 1.165) is 50.9 Å². The largest absolute Gasteiger partial charge is 0.455 e. The van der Waals surface area contributed by atoms with Crippen molar-refractivity contribution in [3.05, 3.63) is 282 Å². The van der Waals surface area contributed by atoms with E-state index in [1.807, 2.05) is 0 Å². The van der Waals surface area contributed by atoms with Gasteiger partial charge in [0.1, 0.15) is 11.2 Å². The van der Waals surface area contributed by atoms with Gasteiger partial charge in [0.15, 0.2) is 0 Å². The maximum atomic E-state index is 6.76. The zero-order valence-corrected chi connectivity index (χ0v) is 39.9. The van der Waals surface area contributed by atoms with Crippen LogP contribution in [-0.4, -0.2) is 0 Å². The first kappa shape index (κ1) is 41.5. The van der Waals surface area contributed by atoms with Gasteiger partial charge in [-0.3, -0.25) is 0 Å². The molecule has 0 saturated carbocycles. The zero-order valence-electron chi connectivity index (χ0n) is 39.9. The van der Waals surface area contributed by atoms with E-state index in [9.17, 15) is 0 Å². The standard InChI is InChI=1S/C69H51NO/c1-44-19-16-32-64(66(44)48-22-7-4-8-23-48)70(50-37-34-47(35-38-50)46-20-5-3-6-21-46)51-39-41-56-55-40-36-49(52-28-17-29-59-57-26-12-14-33-65(57)71-68(52)59)42-62(55)69(63(56)43-51)60-30-13-11-25-54(60)53-24-9-10-27-58(53)67-45(2)18-15-31-61(67)69/h3-17,19-45,66H,18H2,1-2H3. The van der Waals surface area contributed by atoms with Crippen molar-refractivity contribution in [1.82, 2.24) is 0 Å². The maximum absolute atomic E-state index is 6.76. The highest BCUT2D eigenvalue weighted by molar-refractivity contribution is 6.10. The van der Waals surface area contributed by atoms with Gasteiger partial charge in [0.05, 0.1) is 5.41 Å². The average Bonchev–Trinajstić information content (AvgIpc) is 3.91. The molecule has 71 heavy (non-hydrogen) atoms. The fraction of sp³-hybridized carbons (Fsp3) is 0.101. The Bertz CT molecular complexity index is 3880. The lowest BCUT2D eigenvalue weighted by molar-refractivity contribution is 0.597. The summed E-state index contributed by atoms with van der Waals surface area (Å²) in [4.78, 5) is 2.56. The van der Waals surface area contributed by atoms with Crippen molar-refractivity contribution in [1.29, 1.82) is 0 Å². The Balaban J connectivity index is 1.06. The van der Waals surface area contributed by atoms with Crippen LogP contribution in [0.1, 0.15) is 54.0 Å². The number of fused-ring (bicyclic) bond motifs is 14. The van der Waals surface area contributed by atoms with Crippen molar-refractivity contribution in [2.75, 3.05) is 4.90 Å². The highest BCUT2D eigenvalue weighted by Crippen LogP contribution is 2.64. The molecule has 0 N–H and O–H groups in total. The predicted octanol–water partition coefficient (Wildman–Crippen LogP) is 18.3. The van der Waals surface area contributed by atoms with Crippen LogP contribution in [0.5, 0.6) is 0 Å². The van der Waals surface area contributed by atoms with Gasteiger partial charge in [-0.05, 0) is 139 Å². The molecule has 10 aromatic rings. The smallest absolute Gasteiger partial charge is 0.143 e. The van der Waals surface area contributed by atoms with Gasteiger partial charge in [-0.2, -0.15) is 0 Å². The van der Waals surface area contributed by atoms with Crippen molar-refractivity contribution in [2.24, 2.45) is 11.8 Å². The topological polar surface area (TPSA) is 16.4 Å². The van der Waals surface area contributed by atoms with E-state index >= 15 is 0 Å². The minimum Gasteiger partial charge on any atom is -0.455 e. The summed E-state index contributed by atoms with van der Waals surface area (Å²) in [5.74, 6) is 0.705. The molecular formula is C69H51NO. The second kappa shape index (κ2) is 16.3. The normalized spacial score (nSPS) is 19.5. The summed E-state index contributed by atoms with van der Waals surface area (Å²) in [5, 5.41) is 2.28. The van der Waals surface area contributed by atoms with Crippen LogP contribution in [0.2, 0.25) is 0 Å². The van der Waals surface area contributed by atoms with Crippen molar-refractivity contribution >= 4 is 38.9 Å². The summed E-state index contributed by atoms with van der Waals surface area (Å²) in [6.07, 6.45) is 12.9. The molecule has 14 rings (SSSR count). The second-order valence-electron chi connectivity index (χ2n) is 20.0. The molecule has 9 aromatic carbocycles. The predicted molar refractivity (Wildman–Crippen MR) is 296 cm³/mol. The summed E-state index contributed by atoms with van der Waals surface area (Å²) in [7, 11) is 0. The van der Waals surface area contributed by atoms with Crippen molar-refractivity contribution in [3.8, 4) is 44.5 Å². The first-order valence-corrected chi connectivity index (χ1v) is 25.3. The van der Waals surface area contributed by atoms with E-state index in [4.69, 9.17) is 4.42 Å². The molecule has 2 nitrogen and oxygen atoms in total. The molecule has 2 heteroatoms. The summed E-state index contributed by atoms with van der Waals surface area (Å²) in [5.41, 5.74) is 23.8. The molecule has 1 aromatic heterocycles. The van der Waals surface area contributed by atoms with Crippen LogP contribution >= 0.6 is 0 Å². The lowest BCUT2D eigenvalue weighted by Crippen LogP contribution is -2.32. The van der Waals surface area contributed by atoms with Gasteiger partial charge in [-0.15, -0.1) is 0 Å². The van der Waals surface area contributed by atoms with Gasteiger partial charge < -0.3 is 9.32 Å². The van der Waals surface area contributed by atoms with E-state index in [1.54, 1.807) is 0 Å². The Labute approximate surface area is 415 Å². The summed E-state index contributed by atoms with van der Waals surface area (Å²) in [6, 6.07) is 79.1. The maximum Gasteiger partial charge on any atom is 0.143 e. The molecule has 0 radical (unpaired) electrons. The number of nitrogens with zero attached hydrogens (tertiary/aromatic N) is 1. The molecule has 0 amide bonds. The average molecular weight is 910 g/mol. The van der Waals surface area contributed by atoms with E-state index in [0.29, 0.717) is 5.92 Å². The number of furan rings is 1. The van der Waals surface area contributed by atoms with Crippen LogP contribution < -0.4 is 4.90 Å². The molecule has 0 saturated heterocycles. The third-order valence-corrected chi connectivity index (χ3v) is 16.1. The Morgan fingerprint density at radius 1 is 0.493 bits per heavy atom. The second-order valence-corrected chi connectivity index (χ2v) is 20.0. The number of hydrogen-bond donors (Lipinski definition) is 0. The zero-order chi connectivity index (χ0) is 47.2. The van der Waals surface area contributed by atoms with Gasteiger partial charge in [-0.1, -0.05) is 214 Å². The van der Waals surface area contributed by atoms with Crippen LogP contribution in [0.4, 0.5) is 11.4 Å². The van der Waals surface area contributed by atoms with Crippen LogP contribution in [0.25, 0.3) is 72.0 Å². The molecule has 4 aliphatic rings. The first-order valence-electron chi connectivity index (χ1n) is 25.3. The monoisotopic (exact) mass is 909 g/mol. The fourth-order valence-corrected chi connectivity index (χ4v) is 13.0. The van der Waals surface area contributed by atoms with Crippen LogP contribution in [0.3, 0.4) is 0 Å². The van der Waals surface area contributed by atoms with Crippen molar-refractivity contribution in [2.45, 2.75) is 31.6 Å². The highest BCUT2D eigenvalue weighted by atomic mass is 16.3. The number of anilines is 2. The number of benzene rings is 9. The van der Waals surface area contributed by atoms with E-state index < -0.39 is 5.41 Å². The quantitative estimate of drug-likeness (QED) is 0.165. The fourth-order valence-electron chi connectivity index (χ4n) is 13.0. The molecule has 4 atom stereocenters. The molecule has 1 spiro atoms. The van der Waals surface area contributed by atoms with E-state index in [2.05, 4.69) is 261 Å². The lowest BCUT2D eigenvalue weighted by Gasteiger charge is -2.40. The van der Waals surface area contributed by atoms with Gasteiger partial charge in [0.2, 0.25) is 0 Å². The summed E-state index contributed by atoms with van der Waals surface area (Å²) >= 11 is 0. The van der Waals surface area contributed by atoms with Crippen molar-refractivity contribution in [3.63, 3.8) is 0 Å². The van der Waals surface area contributed by atoms with Gasteiger partial charge in [0.25, 0.3) is 0 Å². The number of rotatable bonds is 6. The molecular weight excluding hydrogens is 859 g/mol. The molecule has 4 aliphatic carbocycles. The molecule has 338 valence electrons. The Hall–Kier alpha value is -8.46. The minimum absolute atomic E-state index is 0.127. The number of hydrogen-bond acceptors (Lipinski definition) is 2. The third kappa shape index (κ3) is 6.27. The molecule has 0 fully saturated rings. The number of para-hydroxylation sites is 2. The Morgan fingerprint density at radius 3 is 1.94 bits per heavy atom. The third-order valence-electron chi connectivity index (χ3n) is 16.1. The molecule has 4 unspecified atom stereocenters. The van der Waals surface area contributed by atoms with Gasteiger partial charge >= 0.3 is 0 Å². The summed E-state index contributed by atoms with van der Waals surface area (Å²) in [6.45, 7) is 4.79. The molecule has 0 bridgehead atoms. The van der Waals surface area contributed by atoms with Crippen LogP contribution in [-0.2, 0) is 5.41 Å². The van der Waals surface area contributed by atoms with Gasteiger partial charge in [-0.25, -0.2) is 0 Å². The van der Waals surface area contributed by atoms with E-state index in [1.165, 1.54) is 78.0 Å². The summed E-state index contributed by atoms with van der Waals surface area (Å²) < 4.78 is 6.76. The molecule has 0 aliphatic heterocycles. The minimum atomic E-state index is -0.676. The number of allylic oxidation sites excluding steroid dienone is 8. The van der Waals surface area contributed by atoms with E-state index in [-0.39, 0.29) is 11.8 Å². The van der Waals surface area contributed by atoms with Crippen molar-refractivity contribution < 1.29 is 4.42 Å². The Kier molecular flexibility index (Phi) is 9.54. The van der Waals surface area contributed by atoms with Crippen LogP contribution in [0.15, 0.2) is 258 Å². The highest BCUT2D eigenvalue weighted by Gasteiger charge is 2.51. The van der Waals surface area contributed by atoms with Crippen LogP contribution in [0, 0.1) is 11.8 Å². The Morgan fingerprint density at radius 2 is 1.11 bits per heavy atom. The first-order chi connectivity index (χ1) is 35.1. The SMILES string of the molecule is CC1CC=CC2=C1c1ccccc1-c1ccccc1C21c2cc(-c3cccc4c3oc3ccccc34)ccc2-c2ccc(N(C3=CC=CC(C)C3c3ccccc3)c3ccc(-c4ccccc4)cc3)cc21. The molecule has 1 heterocycles. The van der Waals surface area contributed by atoms with Gasteiger partial charge in [0, 0.05) is 39.3 Å².